The molecule has 0 spiro atoms. The van der Waals surface area contributed by atoms with Gasteiger partial charge < -0.3 is 9.47 Å². The first-order chi connectivity index (χ1) is 10.1. The Labute approximate surface area is 125 Å². The zero-order chi connectivity index (χ0) is 15.0. The number of anilines is 1. The zero-order valence-electron chi connectivity index (χ0n) is 12.5. The SMILES string of the molecule is C=CC1CC(=O)N(c2cccc(-n3c(C)ccc3C)c2)C1. The van der Waals surface area contributed by atoms with E-state index in [0.29, 0.717) is 6.42 Å². The van der Waals surface area contributed by atoms with E-state index in [9.17, 15) is 4.79 Å². The van der Waals surface area contributed by atoms with Gasteiger partial charge in [0, 0.05) is 41.6 Å². The van der Waals surface area contributed by atoms with Crippen LogP contribution >= 0.6 is 0 Å². The molecule has 0 saturated carbocycles. The van der Waals surface area contributed by atoms with Gasteiger partial charge in [0.25, 0.3) is 0 Å². The van der Waals surface area contributed by atoms with Crippen molar-refractivity contribution >= 4 is 11.6 Å². The van der Waals surface area contributed by atoms with Crippen molar-refractivity contribution in [3.63, 3.8) is 0 Å². The molecule has 1 unspecified atom stereocenters. The lowest BCUT2D eigenvalue weighted by Gasteiger charge is -2.18. The predicted octanol–water partition coefficient (Wildman–Crippen LogP) is 3.63. The summed E-state index contributed by atoms with van der Waals surface area (Å²) in [7, 11) is 0. The minimum atomic E-state index is 0.179. The maximum Gasteiger partial charge on any atom is 0.227 e. The second-order valence-corrected chi connectivity index (χ2v) is 5.68. The number of aryl methyl sites for hydroxylation is 2. The lowest BCUT2D eigenvalue weighted by molar-refractivity contribution is -0.117. The number of aromatic nitrogens is 1. The number of hydrogen-bond acceptors (Lipinski definition) is 1. The Morgan fingerprint density at radius 2 is 1.81 bits per heavy atom. The first-order valence-corrected chi connectivity index (χ1v) is 7.28. The van der Waals surface area contributed by atoms with E-state index < -0.39 is 0 Å². The minimum absolute atomic E-state index is 0.179. The third-order valence-electron chi connectivity index (χ3n) is 4.16. The first-order valence-electron chi connectivity index (χ1n) is 7.28. The van der Waals surface area contributed by atoms with E-state index >= 15 is 0 Å². The summed E-state index contributed by atoms with van der Waals surface area (Å²) in [5.41, 5.74) is 4.46. The van der Waals surface area contributed by atoms with E-state index in [0.717, 1.165) is 17.9 Å². The summed E-state index contributed by atoms with van der Waals surface area (Å²) in [5, 5.41) is 0. The van der Waals surface area contributed by atoms with Gasteiger partial charge in [0.15, 0.2) is 0 Å². The molecule has 0 bridgehead atoms. The fraction of sp³-hybridized carbons (Fsp3) is 0.278. The van der Waals surface area contributed by atoms with Crippen LogP contribution in [0, 0.1) is 19.8 Å². The van der Waals surface area contributed by atoms with E-state index in [1.165, 1.54) is 11.4 Å². The third-order valence-corrected chi connectivity index (χ3v) is 4.16. The molecular weight excluding hydrogens is 260 g/mol. The summed E-state index contributed by atoms with van der Waals surface area (Å²) < 4.78 is 2.20. The molecule has 1 aromatic carbocycles. The monoisotopic (exact) mass is 280 g/mol. The van der Waals surface area contributed by atoms with Crippen LogP contribution in [-0.2, 0) is 4.79 Å². The second kappa shape index (κ2) is 5.24. The number of benzene rings is 1. The summed E-state index contributed by atoms with van der Waals surface area (Å²) in [6.45, 7) is 8.72. The highest BCUT2D eigenvalue weighted by atomic mass is 16.2. The lowest BCUT2D eigenvalue weighted by atomic mass is 10.1. The van der Waals surface area contributed by atoms with Crippen LogP contribution in [0.2, 0.25) is 0 Å². The molecule has 1 atom stereocenters. The van der Waals surface area contributed by atoms with Crippen LogP contribution < -0.4 is 4.90 Å². The van der Waals surface area contributed by atoms with Gasteiger partial charge in [-0.1, -0.05) is 12.1 Å². The molecule has 2 aromatic rings. The molecule has 1 aliphatic heterocycles. The second-order valence-electron chi connectivity index (χ2n) is 5.68. The Kier molecular flexibility index (Phi) is 3.42. The van der Waals surface area contributed by atoms with Crippen LogP contribution in [0.1, 0.15) is 17.8 Å². The topological polar surface area (TPSA) is 25.2 Å². The molecular formula is C18H20N2O. The number of hydrogen-bond donors (Lipinski definition) is 0. The predicted molar refractivity (Wildman–Crippen MR) is 85.9 cm³/mol. The maximum absolute atomic E-state index is 12.1. The highest BCUT2D eigenvalue weighted by Crippen LogP contribution is 2.28. The highest BCUT2D eigenvalue weighted by Gasteiger charge is 2.28. The van der Waals surface area contributed by atoms with Crippen LogP contribution in [0.4, 0.5) is 5.69 Å². The van der Waals surface area contributed by atoms with Crippen molar-refractivity contribution in [2.45, 2.75) is 20.3 Å². The molecule has 1 aliphatic rings. The number of carbonyl (C=O) groups is 1. The lowest BCUT2D eigenvalue weighted by Crippen LogP contribution is -2.24. The maximum atomic E-state index is 12.1. The van der Waals surface area contributed by atoms with Crippen molar-refractivity contribution in [2.24, 2.45) is 5.92 Å². The smallest absolute Gasteiger partial charge is 0.227 e. The Bertz CT molecular complexity index is 679. The van der Waals surface area contributed by atoms with E-state index in [2.05, 4.69) is 49.3 Å². The van der Waals surface area contributed by atoms with Gasteiger partial charge in [-0.2, -0.15) is 0 Å². The van der Waals surface area contributed by atoms with Crippen LogP contribution in [-0.4, -0.2) is 17.0 Å². The van der Waals surface area contributed by atoms with Gasteiger partial charge in [-0.25, -0.2) is 0 Å². The van der Waals surface area contributed by atoms with Crippen molar-refractivity contribution in [3.8, 4) is 5.69 Å². The Hall–Kier alpha value is -2.29. The Balaban J connectivity index is 1.98. The van der Waals surface area contributed by atoms with E-state index in [4.69, 9.17) is 0 Å². The fourth-order valence-electron chi connectivity index (χ4n) is 3.02. The van der Waals surface area contributed by atoms with Crippen molar-refractivity contribution in [3.05, 3.63) is 60.4 Å². The molecule has 2 heterocycles. The zero-order valence-corrected chi connectivity index (χ0v) is 12.5. The Morgan fingerprint density at radius 1 is 1.14 bits per heavy atom. The van der Waals surface area contributed by atoms with Gasteiger partial charge in [0.2, 0.25) is 5.91 Å². The summed E-state index contributed by atoms with van der Waals surface area (Å²) in [4.78, 5) is 14.0. The molecule has 1 amide bonds. The minimum Gasteiger partial charge on any atom is -0.318 e. The molecule has 3 nitrogen and oxygen atoms in total. The average Bonchev–Trinajstić information content (AvgIpc) is 3.02. The van der Waals surface area contributed by atoms with Gasteiger partial charge >= 0.3 is 0 Å². The number of nitrogens with zero attached hydrogens (tertiary/aromatic N) is 2. The molecule has 1 fully saturated rings. The number of carbonyl (C=O) groups excluding carboxylic acids is 1. The molecule has 108 valence electrons. The van der Waals surface area contributed by atoms with E-state index in [-0.39, 0.29) is 11.8 Å². The summed E-state index contributed by atoms with van der Waals surface area (Å²) in [6.07, 6.45) is 2.44. The van der Waals surface area contributed by atoms with Crippen LogP contribution in [0.3, 0.4) is 0 Å². The van der Waals surface area contributed by atoms with Gasteiger partial charge in [-0.05, 0) is 44.2 Å². The summed E-state index contributed by atoms with van der Waals surface area (Å²) in [5.74, 6) is 0.439. The summed E-state index contributed by atoms with van der Waals surface area (Å²) in [6, 6.07) is 12.4. The van der Waals surface area contributed by atoms with Gasteiger partial charge in [-0.15, -0.1) is 6.58 Å². The normalized spacial score (nSPS) is 18.3. The molecule has 21 heavy (non-hydrogen) atoms. The molecule has 3 rings (SSSR count). The molecule has 0 radical (unpaired) electrons. The van der Waals surface area contributed by atoms with Crippen molar-refractivity contribution in [1.82, 2.24) is 4.57 Å². The molecule has 1 aromatic heterocycles. The van der Waals surface area contributed by atoms with Crippen molar-refractivity contribution in [2.75, 3.05) is 11.4 Å². The largest absolute Gasteiger partial charge is 0.318 e. The summed E-state index contributed by atoms with van der Waals surface area (Å²) >= 11 is 0. The van der Waals surface area contributed by atoms with Crippen molar-refractivity contribution < 1.29 is 4.79 Å². The number of rotatable bonds is 3. The fourth-order valence-corrected chi connectivity index (χ4v) is 3.02. The molecule has 3 heteroatoms. The van der Waals surface area contributed by atoms with E-state index in [1.54, 1.807) is 0 Å². The first kappa shape index (κ1) is 13.7. The highest BCUT2D eigenvalue weighted by molar-refractivity contribution is 5.96. The van der Waals surface area contributed by atoms with Crippen LogP contribution in [0.5, 0.6) is 0 Å². The Morgan fingerprint density at radius 3 is 2.43 bits per heavy atom. The average molecular weight is 280 g/mol. The van der Waals surface area contributed by atoms with Gasteiger partial charge in [0.1, 0.15) is 0 Å². The van der Waals surface area contributed by atoms with Crippen LogP contribution in [0.25, 0.3) is 5.69 Å². The van der Waals surface area contributed by atoms with E-state index in [1.807, 2.05) is 23.1 Å². The third kappa shape index (κ3) is 2.40. The van der Waals surface area contributed by atoms with Crippen LogP contribution in [0.15, 0.2) is 49.1 Å². The molecule has 0 N–H and O–H groups in total. The number of amides is 1. The van der Waals surface area contributed by atoms with Gasteiger partial charge in [0.05, 0.1) is 0 Å². The molecule has 1 saturated heterocycles. The quantitative estimate of drug-likeness (QED) is 0.788. The van der Waals surface area contributed by atoms with Crippen molar-refractivity contribution in [1.29, 1.82) is 0 Å². The standard InChI is InChI=1S/C18H20N2O/c1-4-15-10-18(21)19(12-15)16-6-5-7-17(11-16)20-13(2)8-9-14(20)3/h4-9,11,15H,1,10,12H2,2-3H3. The molecule has 0 aliphatic carbocycles. The van der Waals surface area contributed by atoms with Gasteiger partial charge in [-0.3, -0.25) is 4.79 Å².